The second kappa shape index (κ2) is 8.45. The third-order valence-corrected chi connectivity index (χ3v) is 6.56. The third kappa shape index (κ3) is 4.47. The number of hydrogen-bond acceptors (Lipinski definition) is 5. The first-order valence-corrected chi connectivity index (χ1v) is 10.9. The lowest BCUT2D eigenvalue weighted by molar-refractivity contribution is -0.137. The Labute approximate surface area is 175 Å². The molecule has 1 aliphatic heterocycles. The summed E-state index contributed by atoms with van der Waals surface area (Å²) in [6, 6.07) is 10.2. The van der Waals surface area contributed by atoms with E-state index in [4.69, 9.17) is 4.74 Å². The maximum Gasteiger partial charge on any atom is 0.305 e. The number of nitrogens with one attached hydrogen (secondary N) is 1. The van der Waals surface area contributed by atoms with Gasteiger partial charge in [0.05, 0.1) is 24.5 Å². The predicted octanol–water partition coefficient (Wildman–Crippen LogP) is 2.49. The van der Waals surface area contributed by atoms with Crippen molar-refractivity contribution in [1.82, 2.24) is 4.72 Å². The zero-order chi connectivity index (χ0) is 22.1. The molecule has 0 saturated carbocycles. The van der Waals surface area contributed by atoms with Crippen molar-refractivity contribution >= 4 is 27.6 Å². The third-order valence-electron chi connectivity index (χ3n) is 5.09. The molecule has 2 aromatic carbocycles. The van der Waals surface area contributed by atoms with E-state index < -0.39 is 28.5 Å². The molecule has 1 heterocycles. The first kappa shape index (κ1) is 21.8. The van der Waals surface area contributed by atoms with Crippen LogP contribution in [0.25, 0.3) is 0 Å². The molecule has 0 aliphatic carbocycles. The number of fused-ring (bicyclic) bond motifs is 1. The summed E-state index contributed by atoms with van der Waals surface area (Å²) in [5.74, 6) is -0.738. The Morgan fingerprint density at radius 3 is 2.63 bits per heavy atom. The minimum Gasteiger partial charge on any atom is -0.497 e. The summed E-state index contributed by atoms with van der Waals surface area (Å²) in [4.78, 5) is 24.9. The fourth-order valence-corrected chi connectivity index (χ4v) is 5.04. The van der Waals surface area contributed by atoms with Crippen LogP contribution in [0.1, 0.15) is 37.4 Å². The number of hydrogen-bond donors (Lipinski definition) is 2. The van der Waals surface area contributed by atoms with Crippen molar-refractivity contribution in [1.29, 1.82) is 0 Å². The lowest BCUT2D eigenvalue weighted by Gasteiger charge is -2.21. The molecule has 3 rings (SSSR count). The molecule has 0 unspecified atom stereocenters. The number of aliphatic carboxylic acids is 1. The quantitative estimate of drug-likeness (QED) is 0.695. The highest BCUT2D eigenvalue weighted by molar-refractivity contribution is 7.89. The largest absolute Gasteiger partial charge is 0.497 e. The van der Waals surface area contributed by atoms with E-state index in [2.05, 4.69) is 4.72 Å². The Morgan fingerprint density at radius 2 is 2.00 bits per heavy atom. The van der Waals surface area contributed by atoms with Crippen LogP contribution in [0.2, 0.25) is 0 Å². The topological polar surface area (TPSA) is 113 Å². The van der Waals surface area contributed by atoms with Gasteiger partial charge < -0.3 is 14.7 Å². The molecule has 1 amide bonds. The summed E-state index contributed by atoms with van der Waals surface area (Å²) < 4.78 is 33.7. The maximum atomic E-state index is 13.0. The second-order valence-corrected chi connectivity index (χ2v) is 9.00. The average Bonchev–Trinajstić information content (AvgIpc) is 3.02. The molecule has 0 fully saturated rings. The van der Waals surface area contributed by atoms with Crippen LogP contribution in [0.15, 0.2) is 47.4 Å². The SMILES string of the molecule is COc1cccc([C@@H](CC(=O)O)NS(=O)(=O)c2ccc3c(c2)C[C@@H](C)N3C(C)=O)c1. The van der Waals surface area contributed by atoms with E-state index in [1.165, 1.54) is 20.1 Å². The molecule has 160 valence electrons. The maximum absolute atomic E-state index is 13.0. The van der Waals surface area contributed by atoms with Gasteiger partial charge in [0, 0.05) is 18.7 Å². The molecule has 2 aromatic rings. The van der Waals surface area contributed by atoms with E-state index in [9.17, 15) is 23.1 Å². The Balaban J connectivity index is 1.93. The molecule has 0 bridgehead atoms. The number of benzene rings is 2. The van der Waals surface area contributed by atoms with Gasteiger partial charge in [-0.25, -0.2) is 13.1 Å². The van der Waals surface area contributed by atoms with Gasteiger partial charge >= 0.3 is 5.97 Å². The number of methoxy groups -OCH3 is 1. The summed E-state index contributed by atoms with van der Waals surface area (Å²) >= 11 is 0. The van der Waals surface area contributed by atoms with E-state index >= 15 is 0 Å². The molecule has 2 atom stereocenters. The van der Waals surface area contributed by atoms with Gasteiger partial charge in [0.1, 0.15) is 5.75 Å². The number of ether oxygens (including phenoxy) is 1. The molecule has 30 heavy (non-hydrogen) atoms. The summed E-state index contributed by atoms with van der Waals surface area (Å²) in [6.45, 7) is 3.38. The van der Waals surface area contributed by atoms with Crippen LogP contribution in [0, 0.1) is 0 Å². The zero-order valence-electron chi connectivity index (χ0n) is 17.0. The summed E-state index contributed by atoms with van der Waals surface area (Å²) in [6.07, 6.45) is 0.124. The molecule has 9 heteroatoms. The van der Waals surface area contributed by atoms with Crippen LogP contribution in [-0.4, -0.2) is 38.6 Å². The molecule has 0 saturated heterocycles. The highest BCUT2D eigenvalue weighted by Crippen LogP contribution is 2.34. The number of carbonyl (C=O) groups excluding carboxylic acids is 1. The number of carboxylic acid groups (broad SMARTS) is 1. The first-order chi connectivity index (χ1) is 14.1. The normalized spacial score (nSPS) is 16.8. The minimum absolute atomic E-state index is 0.0251. The standard InChI is InChI=1S/C21H24N2O6S/c1-13-9-16-11-18(7-8-20(16)23(13)14(2)24)30(27,28)22-19(12-21(25)26)15-5-4-6-17(10-15)29-3/h4-8,10-11,13,19,22H,9,12H2,1-3H3,(H,25,26)/t13-,19-/m1/s1. The summed E-state index contributed by atoms with van der Waals surface area (Å²) in [7, 11) is -2.53. The highest BCUT2D eigenvalue weighted by atomic mass is 32.2. The van der Waals surface area contributed by atoms with Gasteiger partial charge in [0.25, 0.3) is 0 Å². The molecule has 2 N–H and O–H groups in total. The second-order valence-electron chi connectivity index (χ2n) is 7.28. The number of sulfonamides is 1. The van der Waals surface area contributed by atoms with Gasteiger partial charge in [-0.2, -0.15) is 0 Å². The van der Waals surface area contributed by atoms with Crippen LogP contribution < -0.4 is 14.4 Å². The lowest BCUT2D eigenvalue weighted by atomic mass is 10.0. The van der Waals surface area contributed by atoms with Crippen LogP contribution in [0.4, 0.5) is 5.69 Å². The van der Waals surface area contributed by atoms with Crippen LogP contribution in [-0.2, 0) is 26.0 Å². The highest BCUT2D eigenvalue weighted by Gasteiger charge is 2.31. The Bertz CT molecular complexity index is 1080. The van der Waals surface area contributed by atoms with Gasteiger partial charge in [-0.3, -0.25) is 9.59 Å². The van der Waals surface area contributed by atoms with Gasteiger partial charge in [0.15, 0.2) is 0 Å². The zero-order valence-corrected chi connectivity index (χ0v) is 17.8. The number of anilines is 1. The summed E-state index contributed by atoms with van der Waals surface area (Å²) in [5, 5.41) is 9.27. The van der Waals surface area contributed by atoms with Gasteiger partial charge in [-0.1, -0.05) is 12.1 Å². The van der Waals surface area contributed by atoms with Gasteiger partial charge in [0.2, 0.25) is 15.9 Å². The summed E-state index contributed by atoms with van der Waals surface area (Å²) in [5.41, 5.74) is 1.94. The Morgan fingerprint density at radius 1 is 1.27 bits per heavy atom. The van der Waals surface area contributed by atoms with Crippen molar-refractivity contribution < 1.29 is 27.9 Å². The van der Waals surface area contributed by atoms with E-state index in [1.807, 2.05) is 6.92 Å². The number of carboxylic acids is 1. The molecular weight excluding hydrogens is 408 g/mol. The van der Waals surface area contributed by atoms with Gasteiger partial charge in [-0.05, 0) is 54.8 Å². The van der Waals surface area contributed by atoms with Crippen molar-refractivity contribution in [2.24, 2.45) is 0 Å². The molecule has 0 radical (unpaired) electrons. The van der Waals surface area contributed by atoms with E-state index in [1.54, 1.807) is 41.3 Å². The Kier molecular flexibility index (Phi) is 6.14. The molecule has 8 nitrogen and oxygen atoms in total. The number of nitrogens with zero attached hydrogens (tertiary/aromatic N) is 1. The van der Waals surface area contributed by atoms with Crippen molar-refractivity contribution in [3.05, 3.63) is 53.6 Å². The Hall–Kier alpha value is -2.91. The number of amides is 1. The van der Waals surface area contributed by atoms with Crippen LogP contribution >= 0.6 is 0 Å². The smallest absolute Gasteiger partial charge is 0.305 e. The van der Waals surface area contributed by atoms with Crippen molar-refractivity contribution in [2.75, 3.05) is 12.0 Å². The van der Waals surface area contributed by atoms with Crippen LogP contribution in [0.5, 0.6) is 5.75 Å². The molecular formula is C21H24N2O6S. The first-order valence-electron chi connectivity index (χ1n) is 9.43. The van der Waals surface area contributed by atoms with Crippen molar-refractivity contribution in [2.45, 2.75) is 43.7 Å². The monoisotopic (exact) mass is 432 g/mol. The van der Waals surface area contributed by atoms with E-state index in [0.29, 0.717) is 23.4 Å². The molecule has 0 aromatic heterocycles. The fraction of sp³-hybridized carbons (Fsp3) is 0.333. The van der Waals surface area contributed by atoms with Crippen molar-refractivity contribution in [3.63, 3.8) is 0 Å². The van der Waals surface area contributed by atoms with Gasteiger partial charge in [-0.15, -0.1) is 0 Å². The minimum atomic E-state index is -4.01. The van der Waals surface area contributed by atoms with E-state index in [0.717, 1.165) is 5.56 Å². The predicted molar refractivity (Wildman–Crippen MR) is 111 cm³/mol. The lowest BCUT2D eigenvalue weighted by Crippen LogP contribution is -2.33. The van der Waals surface area contributed by atoms with Crippen LogP contribution in [0.3, 0.4) is 0 Å². The number of rotatable bonds is 7. The molecule has 1 aliphatic rings. The van der Waals surface area contributed by atoms with Crippen molar-refractivity contribution in [3.8, 4) is 5.75 Å². The number of carbonyl (C=O) groups is 2. The van der Waals surface area contributed by atoms with E-state index in [-0.39, 0.29) is 16.8 Å². The molecule has 0 spiro atoms. The fourth-order valence-electron chi connectivity index (χ4n) is 3.77. The average molecular weight is 432 g/mol.